The number of carbonyl (C=O) groups excluding carboxylic acids is 2. The number of aromatic nitrogens is 4. The standard InChI is InChI=1S/C24H27N5O4S/c1-3-33-23(32)16-8-10-27(11-9-16)20(30)12-17-14-34-24-26-21-18(22(31)28(17)24)13-25-29(21)19-7-5-4-6-15(19)2/h4-7,13,16-17H,3,8-12,14H2,1-2H3. The van der Waals surface area contributed by atoms with Crippen molar-refractivity contribution in [2.75, 3.05) is 25.4 Å². The Labute approximate surface area is 201 Å². The molecule has 0 radical (unpaired) electrons. The molecule has 34 heavy (non-hydrogen) atoms. The maximum Gasteiger partial charge on any atom is 0.309 e. The van der Waals surface area contributed by atoms with E-state index in [2.05, 4.69) is 5.10 Å². The number of aryl methyl sites for hydroxylation is 1. The number of ether oxygens (including phenoxy) is 1. The highest BCUT2D eigenvalue weighted by molar-refractivity contribution is 7.99. The van der Waals surface area contributed by atoms with Crippen LogP contribution in [0.4, 0.5) is 0 Å². The first kappa shape index (κ1) is 22.6. The van der Waals surface area contributed by atoms with Gasteiger partial charge in [-0.2, -0.15) is 5.10 Å². The van der Waals surface area contributed by atoms with E-state index in [1.807, 2.05) is 31.2 Å². The lowest BCUT2D eigenvalue weighted by molar-refractivity contribution is -0.151. The van der Waals surface area contributed by atoms with E-state index < -0.39 is 0 Å². The Balaban J connectivity index is 1.34. The number of carbonyl (C=O) groups is 2. The van der Waals surface area contributed by atoms with E-state index in [1.54, 1.807) is 27.3 Å². The van der Waals surface area contributed by atoms with Gasteiger partial charge in [-0.05, 0) is 38.3 Å². The van der Waals surface area contributed by atoms with Crippen molar-refractivity contribution in [3.05, 3.63) is 46.4 Å². The highest BCUT2D eigenvalue weighted by Crippen LogP contribution is 2.34. The van der Waals surface area contributed by atoms with Crippen LogP contribution >= 0.6 is 11.8 Å². The number of nitrogens with zero attached hydrogens (tertiary/aromatic N) is 5. The minimum Gasteiger partial charge on any atom is -0.466 e. The van der Waals surface area contributed by atoms with Crippen LogP contribution in [-0.4, -0.2) is 61.6 Å². The van der Waals surface area contributed by atoms with Gasteiger partial charge in [-0.15, -0.1) is 0 Å². The number of rotatable bonds is 5. The third kappa shape index (κ3) is 4.00. The maximum absolute atomic E-state index is 13.4. The van der Waals surface area contributed by atoms with Gasteiger partial charge in [0.1, 0.15) is 5.39 Å². The normalized spacial score (nSPS) is 18.3. The van der Waals surface area contributed by atoms with Crippen molar-refractivity contribution in [1.82, 2.24) is 24.2 Å². The lowest BCUT2D eigenvalue weighted by Crippen LogP contribution is -2.41. The summed E-state index contributed by atoms with van der Waals surface area (Å²) in [5.74, 6) is 0.307. The summed E-state index contributed by atoms with van der Waals surface area (Å²) in [5.41, 5.74) is 2.29. The molecule has 10 heteroatoms. The van der Waals surface area contributed by atoms with E-state index in [1.165, 1.54) is 11.8 Å². The van der Waals surface area contributed by atoms with E-state index in [4.69, 9.17) is 9.72 Å². The lowest BCUT2D eigenvalue weighted by atomic mass is 9.96. The van der Waals surface area contributed by atoms with Gasteiger partial charge in [-0.1, -0.05) is 30.0 Å². The average molecular weight is 482 g/mol. The second-order valence-corrected chi connectivity index (χ2v) is 9.71. The highest BCUT2D eigenvalue weighted by Gasteiger charge is 2.33. The number of hydrogen-bond donors (Lipinski definition) is 0. The van der Waals surface area contributed by atoms with E-state index in [9.17, 15) is 14.4 Å². The first-order valence-electron chi connectivity index (χ1n) is 11.6. The van der Waals surface area contributed by atoms with E-state index in [0.717, 1.165) is 11.3 Å². The van der Waals surface area contributed by atoms with Gasteiger partial charge in [0, 0.05) is 25.3 Å². The molecule has 1 amide bonds. The summed E-state index contributed by atoms with van der Waals surface area (Å²) in [6.07, 6.45) is 3.02. The van der Waals surface area contributed by atoms with Crippen molar-refractivity contribution in [1.29, 1.82) is 0 Å². The van der Waals surface area contributed by atoms with Gasteiger partial charge >= 0.3 is 5.97 Å². The fourth-order valence-electron chi connectivity index (χ4n) is 4.71. The number of amides is 1. The molecule has 0 spiro atoms. The zero-order chi connectivity index (χ0) is 23.8. The Hall–Kier alpha value is -3.14. The summed E-state index contributed by atoms with van der Waals surface area (Å²) in [6, 6.07) is 7.59. The van der Waals surface area contributed by atoms with Crippen LogP contribution < -0.4 is 5.56 Å². The van der Waals surface area contributed by atoms with E-state index in [-0.39, 0.29) is 35.8 Å². The molecule has 0 N–H and O–H groups in total. The Kier molecular flexibility index (Phi) is 6.16. The quantitative estimate of drug-likeness (QED) is 0.408. The molecule has 2 aliphatic heterocycles. The molecule has 2 aliphatic rings. The topological polar surface area (TPSA) is 99.3 Å². The van der Waals surface area contributed by atoms with Gasteiger partial charge in [-0.3, -0.25) is 19.0 Å². The SMILES string of the molecule is CCOC(=O)C1CCN(C(=O)CC2CSc3nc4c(cnn4-c4ccccc4C)c(=O)n32)CC1. The number of fused-ring (bicyclic) bond motifs is 2. The molecule has 2 aromatic heterocycles. The van der Waals surface area contributed by atoms with Gasteiger partial charge < -0.3 is 9.64 Å². The molecule has 1 fully saturated rings. The summed E-state index contributed by atoms with van der Waals surface area (Å²) in [5, 5.41) is 5.50. The predicted octanol–water partition coefficient (Wildman–Crippen LogP) is 2.73. The summed E-state index contributed by atoms with van der Waals surface area (Å²) < 4.78 is 8.47. The van der Waals surface area contributed by atoms with Crippen molar-refractivity contribution in [3.8, 4) is 5.69 Å². The Morgan fingerprint density at radius 1 is 1.21 bits per heavy atom. The Morgan fingerprint density at radius 2 is 1.97 bits per heavy atom. The van der Waals surface area contributed by atoms with Crippen molar-refractivity contribution in [2.45, 2.75) is 44.3 Å². The fourth-order valence-corrected chi connectivity index (χ4v) is 5.84. The van der Waals surface area contributed by atoms with Crippen LogP contribution in [-0.2, 0) is 14.3 Å². The molecule has 0 saturated carbocycles. The van der Waals surface area contributed by atoms with Crippen LogP contribution in [0.3, 0.4) is 0 Å². The largest absolute Gasteiger partial charge is 0.466 e. The van der Waals surface area contributed by atoms with Crippen LogP contribution in [0.2, 0.25) is 0 Å². The van der Waals surface area contributed by atoms with Crippen LogP contribution in [0, 0.1) is 12.8 Å². The minimum atomic E-state index is -0.249. The average Bonchev–Trinajstić information content (AvgIpc) is 3.44. The Bertz CT molecular complexity index is 1310. The first-order valence-corrected chi connectivity index (χ1v) is 12.6. The van der Waals surface area contributed by atoms with Crippen molar-refractivity contribution in [2.24, 2.45) is 5.92 Å². The van der Waals surface area contributed by atoms with Gasteiger partial charge in [0.15, 0.2) is 10.8 Å². The van der Waals surface area contributed by atoms with Crippen LogP contribution in [0.5, 0.6) is 0 Å². The molecular weight excluding hydrogens is 454 g/mol. The summed E-state index contributed by atoms with van der Waals surface area (Å²) in [7, 11) is 0. The number of benzene rings is 1. The number of piperidine rings is 1. The Morgan fingerprint density at radius 3 is 2.71 bits per heavy atom. The second-order valence-electron chi connectivity index (χ2n) is 8.73. The molecule has 0 aliphatic carbocycles. The minimum absolute atomic E-state index is 0.00311. The van der Waals surface area contributed by atoms with E-state index >= 15 is 0 Å². The smallest absolute Gasteiger partial charge is 0.309 e. The molecule has 9 nitrogen and oxygen atoms in total. The van der Waals surface area contributed by atoms with Crippen molar-refractivity contribution < 1.29 is 14.3 Å². The van der Waals surface area contributed by atoms with E-state index in [0.29, 0.717) is 54.5 Å². The summed E-state index contributed by atoms with van der Waals surface area (Å²) >= 11 is 1.49. The number of likely N-dealkylation sites (tertiary alicyclic amines) is 1. The van der Waals surface area contributed by atoms with Gasteiger partial charge in [-0.25, -0.2) is 9.67 Å². The molecule has 3 aromatic rings. The third-order valence-electron chi connectivity index (χ3n) is 6.59. The molecule has 5 rings (SSSR count). The molecule has 1 atom stereocenters. The number of thioether (sulfide) groups is 1. The van der Waals surface area contributed by atoms with Crippen LogP contribution in [0.15, 0.2) is 40.4 Å². The zero-order valence-electron chi connectivity index (χ0n) is 19.3. The molecule has 1 saturated heterocycles. The second kappa shape index (κ2) is 9.25. The van der Waals surface area contributed by atoms with Crippen LogP contribution in [0.1, 0.15) is 37.8 Å². The van der Waals surface area contributed by atoms with Crippen molar-refractivity contribution >= 4 is 34.7 Å². The monoisotopic (exact) mass is 481 g/mol. The fraction of sp³-hybridized carbons (Fsp3) is 0.458. The first-order chi connectivity index (χ1) is 16.5. The number of hydrogen-bond acceptors (Lipinski definition) is 7. The highest BCUT2D eigenvalue weighted by atomic mass is 32.2. The molecule has 0 bridgehead atoms. The van der Waals surface area contributed by atoms with Crippen LogP contribution in [0.25, 0.3) is 16.7 Å². The third-order valence-corrected chi connectivity index (χ3v) is 7.69. The molecule has 1 unspecified atom stereocenters. The van der Waals surface area contributed by atoms with Gasteiger partial charge in [0.2, 0.25) is 5.91 Å². The van der Waals surface area contributed by atoms with Gasteiger partial charge in [0.05, 0.1) is 30.5 Å². The zero-order valence-corrected chi connectivity index (χ0v) is 20.1. The molecule has 178 valence electrons. The summed E-state index contributed by atoms with van der Waals surface area (Å²) in [4.78, 5) is 44.9. The maximum atomic E-state index is 13.4. The van der Waals surface area contributed by atoms with Gasteiger partial charge in [0.25, 0.3) is 5.56 Å². The molecule has 4 heterocycles. The summed E-state index contributed by atoms with van der Waals surface area (Å²) in [6.45, 7) is 5.23. The van der Waals surface area contributed by atoms with Crippen molar-refractivity contribution in [3.63, 3.8) is 0 Å². The lowest BCUT2D eigenvalue weighted by Gasteiger charge is -2.31. The predicted molar refractivity (Wildman–Crippen MR) is 128 cm³/mol. The molecular formula is C24H27N5O4S. The number of esters is 1. The number of para-hydroxylation sites is 1. The molecule has 1 aromatic carbocycles.